The standard InChI is InChI=1S/C18H28N2O5/c1-7-13(20-17(22)25-18(2,3)4)16(21)19-11-12-8-9-14(23-5)15(10-12)24-6/h8-10,13H,7,11H2,1-6H3,(H,19,21)(H,20,22)/t13-/m1/s1. The lowest BCUT2D eigenvalue weighted by Crippen LogP contribution is -2.47. The van der Waals surface area contributed by atoms with E-state index in [1.54, 1.807) is 47.1 Å². The van der Waals surface area contributed by atoms with Gasteiger partial charge >= 0.3 is 6.09 Å². The molecule has 2 N–H and O–H groups in total. The van der Waals surface area contributed by atoms with E-state index in [1.807, 2.05) is 13.0 Å². The Hall–Kier alpha value is -2.44. The number of hydrogen-bond donors (Lipinski definition) is 2. The summed E-state index contributed by atoms with van der Waals surface area (Å²) in [6.07, 6.45) is -0.155. The van der Waals surface area contributed by atoms with Gasteiger partial charge in [-0.2, -0.15) is 0 Å². The second-order valence-corrected chi connectivity index (χ2v) is 6.51. The lowest BCUT2D eigenvalue weighted by molar-refractivity contribution is -0.123. The third kappa shape index (κ3) is 6.91. The minimum absolute atomic E-state index is 0.275. The molecule has 0 heterocycles. The van der Waals surface area contributed by atoms with Crippen LogP contribution < -0.4 is 20.1 Å². The Bertz CT molecular complexity index is 596. The summed E-state index contributed by atoms with van der Waals surface area (Å²) in [5.41, 5.74) is 0.247. The maximum atomic E-state index is 12.3. The molecule has 0 bridgehead atoms. The summed E-state index contributed by atoms with van der Waals surface area (Å²) >= 11 is 0. The molecule has 0 saturated carbocycles. The van der Waals surface area contributed by atoms with E-state index in [-0.39, 0.29) is 5.91 Å². The molecular formula is C18H28N2O5. The van der Waals surface area contributed by atoms with Crippen molar-refractivity contribution in [3.05, 3.63) is 23.8 Å². The Morgan fingerprint density at radius 3 is 2.28 bits per heavy atom. The monoisotopic (exact) mass is 352 g/mol. The molecule has 0 aliphatic rings. The molecule has 0 fully saturated rings. The lowest BCUT2D eigenvalue weighted by Gasteiger charge is -2.22. The number of ether oxygens (including phenoxy) is 3. The number of carbonyl (C=O) groups excluding carboxylic acids is 2. The topological polar surface area (TPSA) is 85.9 Å². The molecule has 1 aromatic rings. The van der Waals surface area contributed by atoms with Crippen molar-refractivity contribution in [1.82, 2.24) is 10.6 Å². The Labute approximate surface area is 149 Å². The first-order chi connectivity index (χ1) is 11.7. The predicted molar refractivity (Wildman–Crippen MR) is 94.8 cm³/mol. The molecule has 7 nitrogen and oxygen atoms in total. The number of alkyl carbamates (subject to hydrolysis) is 1. The number of carbonyl (C=O) groups is 2. The Kier molecular flexibility index (Phi) is 7.54. The number of rotatable bonds is 7. The molecule has 0 spiro atoms. The van der Waals surface area contributed by atoms with Gasteiger partial charge in [0.25, 0.3) is 0 Å². The van der Waals surface area contributed by atoms with Crippen molar-refractivity contribution in [2.45, 2.75) is 52.3 Å². The molecule has 0 aliphatic carbocycles. The average Bonchev–Trinajstić information content (AvgIpc) is 2.55. The van der Waals surface area contributed by atoms with E-state index in [0.29, 0.717) is 24.5 Å². The van der Waals surface area contributed by atoms with Crippen LogP contribution in [0, 0.1) is 0 Å². The normalized spacial score (nSPS) is 12.1. The zero-order valence-corrected chi connectivity index (χ0v) is 15.8. The highest BCUT2D eigenvalue weighted by Crippen LogP contribution is 2.27. The molecule has 1 rings (SSSR count). The zero-order chi connectivity index (χ0) is 19.0. The molecule has 2 amide bonds. The van der Waals surface area contributed by atoms with Crippen LogP contribution in [-0.2, 0) is 16.1 Å². The van der Waals surface area contributed by atoms with Crippen LogP contribution in [0.1, 0.15) is 39.7 Å². The molecule has 1 atom stereocenters. The molecule has 0 unspecified atom stereocenters. The van der Waals surface area contributed by atoms with Crippen LogP contribution in [0.25, 0.3) is 0 Å². The fraction of sp³-hybridized carbons (Fsp3) is 0.556. The fourth-order valence-electron chi connectivity index (χ4n) is 2.11. The number of hydrogen-bond acceptors (Lipinski definition) is 5. The first-order valence-corrected chi connectivity index (χ1v) is 8.18. The predicted octanol–water partition coefficient (Wildman–Crippen LogP) is 2.62. The van der Waals surface area contributed by atoms with Gasteiger partial charge in [-0.3, -0.25) is 4.79 Å². The third-order valence-electron chi connectivity index (χ3n) is 3.33. The minimum atomic E-state index is -0.657. The van der Waals surface area contributed by atoms with Crippen LogP contribution in [0.4, 0.5) is 4.79 Å². The second kappa shape index (κ2) is 9.15. The molecule has 25 heavy (non-hydrogen) atoms. The van der Waals surface area contributed by atoms with Crippen molar-refractivity contribution < 1.29 is 23.8 Å². The van der Waals surface area contributed by atoms with Gasteiger partial charge in [0.2, 0.25) is 5.91 Å². The first-order valence-electron chi connectivity index (χ1n) is 8.18. The summed E-state index contributed by atoms with van der Waals surface area (Å²) in [4.78, 5) is 24.1. The van der Waals surface area contributed by atoms with Crippen molar-refractivity contribution in [1.29, 1.82) is 0 Å². The summed E-state index contributed by atoms with van der Waals surface area (Å²) in [6, 6.07) is 4.75. The Balaban J connectivity index is 2.63. The molecular weight excluding hydrogens is 324 g/mol. The molecule has 0 aromatic heterocycles. The molecule has 140 valence electrons. The van der Waals surface area contributed by atoms with Crippen LogP contribution in [0.5, 0.6) is 11.5 Å². The first kappa shape index (κ1) is 20.6. The average molecular weight is 352 g/mol. The summed E-state index contributed by atoms with van der Waals surface area (Å²) in [5, 5.41) is 5.38. The number of amides is 2. The van der Waals surface area contributed by atoms with E-state index >= 15 is 0 Å². The SMILES string of the molecule is CC[C@@H](NC(=O)OC(C)(C)C)C(=O)NCc1ccc(OC)c(OC)c1. The minimum Gasteiger partial charge on any atom is -0.493 e. The highest BCUT2D eigenvalue weighted by atomic mass is 16.6. The third-order valence-corrected chi connectivity index (χ3v) is 3.33. The second-order valence-electron chi connectivity index (χ2n) is 6.51. The van der Waals surface area contributed by atoms with E-state index < -0.39 is 17.7 Å². The molecule has 0 saturated heterocycles. The Morgan fingerprint density at radius 2 is 1.76 bits per heavy atom. The van der Waals surface area contributed by atoms with Crippen LogP contribution in [0.15, 0.2) is 18.2 Å². The zero-order valence-electron chi connectivity index (χ0n) is 15.8. The van der Waals surface area contributed by atoms with E-state index in [9.17, 15) is 9.59 Å². The number of benzene rings is 1. The van der Waals surface area contributed by atoms with Crippen LogP contribution in [0.3, 0.4) is 0 Å². The van der Waals surface area contributed by atoms with Gasteiger partial charge in [-0.15, -0.1) is 0 Å². The molecule has 1 aromatic carbocycles. The van der Waals surface area contributed by atoms with Gasteiger partial charge in [0.15, 0.2) is 11.5 Å². The van der Waals surface area contributed by atoms with Crippen LogP contribution in [-0.4, -0.2) is 37.9 Å². The van der Waals surface area contributed by atoms with Crippen LogP contribution in [0.2, 0.25) is 0 Å². The van der Waals surface area contributed by atoms with Gasteiger partial charge in [-0.1, -0.05) is 13.0 Å². The van der Waals surface area contributed by atoms with E-state index in [2.05, 4.69) is 10.6 Å². The van der Waals surface area contributed by atoms with Crippen molar-refractivity contribution in [2.75, 3.05) is 14.2 Å². The largest absolute Gasteiger partial charge is 0.493 e. The number of methoxy groups -OCH3 is 2. The van der Waals surface area contributed by atoms with Crippen molar-refractivity contribution in [2.24, 2.45) is 0 Å². The smallest absolute Gasteiger partial charge is 0.408 e. The molecule has 0 radical (unpaired) electrons. The maximum absolute atomic E-state index is 12.3. The Morgan fingerprint density at radius 1 is 1.12 bits per heavy atom. The summed E-state index contributed by atoms with van der Waals surface area (Å²) in [7, 11) is 3.12. The van der Waals surface area contributed by atoms with Gasteiger partial charge in [0, 0.05) is 6.54 Å². The highest BCUT2D eigenvalue weighted by molar-refractivity contribution is 5.85. The van der Waals surface area contributed by atoms with E-state index in [4.69, 9.17) is 14.2 Å². The number of nitrogens with one attached hydrogen (secondary N) is 2. The van der Waals surface area contributed by atoms with Gasteiger partial charge < -0.3 is 24.8 Å². The van der Waals surface area contributed by atoms with E-state index in [0.717, 1.165) is 5.56 Å². The maximum Gasteiger partial charge on any atom is 0.408 e. The summed E-state index contributed by atoms with van der Waals surface area (Å²) in [6.45, 7) is 7.43. The van der Waals surface area contributed by atoms with Gasteiger partial charge in [-0.05, 0) is 44.9 Å². The highest BCUT2D eigenvalue weighted by Gasteiger charge is 2.22. The van der Waals surface area contributed by atoms with Crippen molar-refractivity contribution in [3.8, 4) is 11.5 Å². The van der Waals surface area contributed by atoms with Gasteiger partial charge in [0.1, 0.15) is 11.6 Å². The van der Waals surface area contributed by atoms with Gasteiger partial charge in [0.05, 0.1) is 14.2 Å². The van der Waals surface area contributed by atoms with Gasteiger partial charge in [-0.25, -0.2) is 4.79 Å². The lowest BCUT2D eigenvalue weighted by atomic mass is 10.1. The molecule has 0 aliphatic heterocycles. The quantitative estimate of drug-likeness (QED) is 0.788. The summed E-state index contributed by atoms with van der Waals surface area (Å²) < 4.78 is 15.6. The summed E-state index contributed by atoms with van der Waals surface area (Å²) in [5.74, 6) is 0.937. The molecule has 7 heteroatoms. The van der Waals surface area contributed by atoms with Crippen molar-refractivity contribution >= 4 is 12.0 Å². The van der Waals surface area contributed by atoms with Crippen LogP contribution >= 0.6 is 0 Å². The van der Waals surface area contributed by atoms with E-state index in [1.165, 1.54) is 0 Å². The fourth-order valence-corrected chi connectivity index (χ4v) is 2.11. The van der Waals surface area contributed by atoms with Crippen molar-refractivity contribution in [3.63, 3.8) is 0 Å².